The molecule has 12 heteroatoms. The third-order valence-electron chi connectivity index (χ3n) is 14.9. The summed E-state index contributed by atoms with van der Waals surface area (Å²) >= 11 is 0. The van der Waals surface area contributed by atoms with Crippen LogP contribution in [0.1, 0.15) is 0 Å². The molecule has 0 N–H and O–H groups in total. The third-order valence-corrected chi connectivity index (χ3v) is 14.9. The van der Waals surface area contributed by atoms with E-state index >= 15 is 0 Å². The molecular weight excluding hydrogens is 1400 g/mol. The van der Waals surface area contributed by atoms with Crippen LogP contribution >= 0.6 is 0 Å². The largest absolute Gasteiger partial charge is 0.503 e. The fourth-order valence-corrected chi connectivity index (χ4v) is 11.0. The van der Waals surface area contributed by atoms with E-state index in [0.29, 0.717) is 34.4 Å². The van der Waals surface area contributed by atoms with Gasteiger partial charge in [-0.25, -0.2) is 0 Å². The van der Waals surface area contributed by atoms with Gasteiger partial charge in [-0.1, -0.05) is 121 Å². The topological polar surface area (TPSA) is 83.5 Å². The number of aromatic nitrogens is 2. The number of hydrogen-bond acceptors (Lipinski definition) is 10. The molecular formula is C72H42N6O4Pt2-6. The molecule has 0 saturated carbocycles. The second-order valence-corrected chi connectivity index (χ2v) is 20.0. The molecule has 11 aromatic carbocycles. The number of anilines is 6. The minimum Gasteiger partial charge on any atom is -0.503 e. The second kappa shape index (κ2) is 21.9. The number of nitrogens with zero attached hydrogens (tertiary/aromatic N) is 6. The van der Waals surface area contributed by atoms with Gasteiger partial charge in [0.25, 0.3) is 0 Å². The summed E-state index contributed by atoms with van der Waals surface area (Å²) in [7, 11) is 0. The Kier molecular flexibility index (Phi) is 13.6. The van der Waals surface area contributed by atoms with Crippen LogP contribution in [-0.2, 0) is 42.1 Å². The van der Waals surface area contributed by atoms with E-state index in [-0.39, 0.29) is 42.1 Å². The van der Waals surface area contributed by atoms with Crippen LogP contribution in [0.4, 0.5) is 34.1 Å². The van der Waals surface area contributed by atoms with Crippen molar-refractivity contribution in [1.82, 2.24) is 9.97 Å². The van der Waals surface area contributed by atoms with Crippen LogP contribution in [0.15, 0.2) is 252 Å². The number of furan rings is 2. The molecule has 410 valence electrons. The normalized spacial score (nSPS) is 12.8. The van der Waals surface area contributed by atoms with Crippen molar-refractivity contribution in [2.45, 2.75) is 0 Å². The Morgan fingerprint density at radius 1 is 0.357 bits per heavy atom. The number of hydrogen-bond donors (Lipinski definition) is 0. The van der Waals surface area contributed by atoms with E-state index < -0.39 is 0 Å². The Labute approximate surface area is 511 Å². The molecule has 84 heavy (non-hydrogen) atoms. The van der Waals surface area contributed by atoms with Gasteiger partial charge in [0.05, 0.1) is 0 Å². The van der Waals surface area contributed by atoms with Crippen molar-refractivity contribution < 1.29 is 60.4 Å². The van der Waals surface area contributed by atoms with Gasteiger partial charge in [0.2, 0.25) is 11.4 Å². The summed E-state index contributed by atoms with van der Waals surface area (Å²) in [5.41, 5.74) is 10.7. The number of ether oxygens (including phenoxy) is 2. The summed E-state index contributed by atoms with van der Waals surface area (Å²) in [5, 5.41) is 10.0. The maximum Gasteiger partial charge on any atom is 0.218 e. The minimum atomic E-state index is 0. The van der Waals surface area contributed by atoms with E-state index in [1.165, 1.54) is 0 Å². The Morgan fingerprint density at radius 2 is 0.810 bits per heavy atom. The van der Waals surface area contributed by atoms with Gasteiger partial charge in [-0.05, 0) is 94.9 Å². The molecule has 6 heterocycles. The predicted octanol–water partition coefficient (Wildman–Crippen LogP) is 18.7. The fourth-order valence-electron chi connectivity index (χ4n) is 11.0. The SMILES string of the molecule is [Pt].[Pt].[c-]1c(Oc2[c-]c3c(cc2)ccc2cc4c(nc23)oc2ccccc24)cccc1N1C=CN(c2ccccc2)[CH-]1.[c-]1c(Oc2[c-]c3c(cc2)ccc2cc4c(nc23)oc2ccccc24)cccc1N1[CH-]N(c2ccccc2)c2ccccc21. The zero-order chi connectivity index (χ0) is 54.1. The Balaban J connectivity index is 0.000000147. The van der Waals surface area contributed by atoms with E-state index in [2.05, 4.69) is 143 Å². The Bertz CT molecular complexity index is 5010. The first-order valence-electron chi connectivity index (χ1n) is 26.8. The van der Waals surface area contributed by atoms with Gasteiger partial charge in [0.15, 0.2) is 0 Å². The van der Waals surface area contributed by atoms with Crippen molar-refractivity contribution in [2.24, 2.45) is 0 Å². The molecule has 0 radical (unpaired) electrons. The van der Waals surface area contributed by atoms with E-state index in [1.54, 1.807) is 0 Å². The second-order valence-electron chi connectivity index (χ2n) is 20.0. The fraction of sp³-hybridized carbons (Fsp3) is 0. The summed E-state index contributed by atoms with van der Waals surface area (Å²) in [6.45, 7) is 4.11. The summed E-state index contributed by atoms with van der Waals surface area (Å²) in [6, 6.07) is 91.1. The molecule has 0 saturated heterocycles. The Hall–Kier alpha value is -9.72. The molecule has 10 nitrogen and oxygen atoms in total. The van der Waals surface area contributed by atoms with E-state index in [1.807, 2.05) is 157 Å². The molecule has 0 aliphatic carbocycles. The number of fused-ring (bicyclic) bond motifs is 13. The zero-order valence-electron chi connectivity index (χ0n) is 44.2. The molecule has 2 aliphatic heterocycles. The molecule has 0 amide bonds. The summed E-state index contributed by atoms with van der Waals surface area (Å²) in [6.07, 6.45) is 4.02. The number of rotatable bonds is 8. The quantitative estimate of drug-likeness (QED) is 0.108. The van der Waals surface area contributed by atoms with Crippen LogP contribution in [0.2, 0.25) is 0 Å². The van der Waals surface area contributed by atoms with Crippen LogP contribution in [0, 0.1) is 37.6 Å². The van der Waals surface area contributed by atoms with Gasteiger partial charge in [0.1, 0.15) is 11.2 Å². The first-order valence-corrected chi connectivity index (χ1v) is 26.8. The van der Waals surface area contributed by atoms with Crippen LogP contribution in [0.3, 0.4) is 0 Å². The van der Waals surface area contributed by atoms with Gasteiger partial charge in [0, 0.05) is 109 Å². The average molecular weight is 1450 g/mol. The molecule has 4 aromatic heterocycles. The number of pyridine rings is 2. The molecule has 0 spiro atoms. The first kappa shape index (κ1) is 52.4. The summed E-state index contributed by atoms with van der Waals surface area (Å²) in [5.74, 6) is 2.40. The summed E-state index contributed by atoms with van der Waals surface area (Å²) < 4.78 is 24.7. The van der Waals surface area contributed by atoms with Crippen LogP contribution in [0.5, 0.6) is 23.0 Å². The molecule has 0 bridgehead atoms. The molecule has 15 aromatic rings. The molecule has 2 aliphatic rings. The van der Waals surface area contributed by atoms with Crippen molar-refractivity contribution in [3.63, 3.8) is 0 Å². The van der Waals surface area contributed by atoms with E-state index in [0.717, 1.165) is 110 Å². The van der Waals surface area contributed by atoms with Crippen molar-refractivity contribution in [1.29, 1.82) is 0 Å². The van der Waals surface area contributed by atoms with Gasteiger partial charge < -0.3 is 37.9 Å². The third kappa shape index (κ3) is 9.53. The first-order chi connectivity index (χ1) is 40.6. The molecule has 17 rings (SSSR count). The molecule has 0 unspecified atom stereocenters. The van der Waals surface area contributed by atoms with E-state index in [4.69, 9.17) is 28.3 Å². The van der Waals surface area contributed by atoms with Crippen LogP contribution in [0.25, 0.3) is 87.5 Å². The van der Waals surface area contributed by atoms with Crippen molar-refractivity contribution in [3.05, 3.63) is 281 Å². The van der Waals surface area contributed by atoms with Gasteiger partial charge in [-0.3, -0.25) is 9.97 Å². The van der Waals surface area contributed by atoms with Gasteiger partial charge in [-0.2, -0.15) is 12.1 Å². The van der Waals surface area contributed by atoms with Crippen molar-refractivity contribution in [3.8, 4) is 23.0 Å². The summed E-state index contributed by atoms with van der Waals surface area (Å²) in [4.78, 5) is 18.2. The molecule has 0 fully saturated rings. The zero-order valence-corrected chi connectivity index (χ0v) is 48.7. The molecule has 0 atom stereocenters. The minimum absolute atomic E-state index is 0. The maximum absolute atomic E-state index is 6.35. The van der Waals surface area contributed by atoms with Gasteiger partial charge >= 0.3 is 0 Å². The van der Waals surface area contributed by atoms with Crippen LogP contribution < -0.4 is 29.1 Å². The van der Waals surface area contributed by atoms with Crippen molar-refractivity contribution >= 4 is 122 Å². The average Bonchev–Trinajstić information content (AvgIpc) is 2.66. The predicted molar refractivity (Wildman–Crippen MR) is 328 cm³/mol. The number of para-hydroxylation sites is 6. The number of benzene rings is 11. The van der Waals surface area contributed by atoms with Crippen molar-refractivity contribution in [2.75, 3.05) is 19.6 Å². The smallest absolute Gasteiger partial charge is 0.218 e. The van der Waals surface area contributed by atoms with Crippen LogP contribution in [-0.4, -0.2) is 9.97 Å². The monoisotopic (exact) mass is 1440 g/mol. The Morgan fingerprint density at radius 3 is 1.39 bits per heavy atom. The van der Waals surface area contributed by atoms with E-state index in [9.17, 15) is 0 Å². The maximum atomic E-state index is 6.35. The van der Waals surface area contributed by atoms with Gasteiger partial charge in [-0.15, -0.1) is 107 Å². The standard InChI is InChI=1S/C38H22N3O2.C34H20N3O2.2Pt/c1-2-9-27(10-3-1)40-24-41(35-15-6-5-14-34(35)40)28-11-8-12-29(22-28)42-30-20-19-25-17-18-26-21-33-31-13-4-7-16-36(31)43-38(33)39-37(26)32(25)23-30;1-2-7-25(8-3-1)36-17-18-37(22-36)26-9-6-10-27(20-26)38-28-16-15-23-13-14-24-19-31-29-11-4-5-12-32(29)39-34(31)35-33(24)30(23)21-28;;/h1-21,24H;1-19,22H;;/q2*-3;;.